The molecule has 2 aliphatic carbocycles. The summed E-state index contributed by atoms with van der Waals surface area (Å²) in [6.45, 7) is 2.53. The summed E-state index contributed by atoms with van der Waals surface area (Å²) in [6.07, 6.45) is 21.4. The van der Waals surface area contributed by atoms with Gasteiger partial charge in [-0.1, -0.05) is 37.1 Å². The zero-order chi connectivity index (χ0) is 21.9. The molecule has 0 saturated carbocycles. The largest absolute Gasteiger partial charge is 0.465 e. The summed E-state index contributed by atoms with van der Waals surface area (Å²) >= 11 is 0. The minimum Gasteiger partial charge on any atom is -0.465 e. The van der Waals surface area contributed by atoms with Crippen LogP contribution in [-0.4, -0.2) is 54.4 Å². The first-order valence-corrected chi connectivity index (χ1v) is 11.0. The Morgan fingerprint density at radius 2 is 1.30 bits per heavy atom. The number of carbonyl (C=O) groups excluding carboxylic acids is 2. The number of nitrogens with zero attached hydrogens (tertiary/aromatic N) is 3. The van der Waals surface area contributed by atoms with Gasteiger partial charge in [-0.05, 0) is 63.2 Å². The smallest absolute Gasteiger partial charge is 0.407 e. The maximum atomic E-state index is 11.3. The highest BCUT2D eigenvalue weighted by Gasteiger charge is 2.22. The van der Waals surface area contributed by atoms with E-state index in [9.17, 15) is 19.5 Å². The van der Waals surface area contributed by atoms with E-state index in [0.717, 1.165) is 64.2 Å². The topological polar surface area (TPSA) is 99.4 Å². The predicted molar refractivity (Wildman–Crippen MR) is 117 cm³/mol. The molecule has 0 aromatic carbocycles. The highest BCUT2D eigenvalue weighted by atomic mass is 16.4. The van der Waals surface area contributed by atoms with Crippen molar-refractivity contribution < 1.29 is 19.5 Å². The summed E-state index contributed by atoms with van der Waals surface area (Å²) < 4.78 is 0. The van der Waals surface area contributed by atoms with Crippen molar-refractivity contribution in [2.75, 3.05) is 26.2 Å². The second kappa shape index (κ2) is 17.4. The molecule has 0 aromatic heterocycles. The summed E-state index contributed by atoms with van der Waals surface area (Å²) in [5, 5.41) is 9.32. The van der Waals surface area contributed by atoms with E-state index in [0.29, 0.717) is 38.0 Å². The van der Waals surface area contributed by atoms with Crippen LogP contribution in [0.5, 0.6) is 0 Å². The van der Waals surface area contributed by atoms with Crippen LogP contribution in [0.4, 0.5) is 4.79 Å². The molecule has 0 saturated heterocycles. The van der Waals surface area contributed by atoms with Crippen molar-refractivity contribution in [2.24, 2.45) is 21.8 Å². The maximum absolute atomic E-state index is 11.3. The number of unbranched alkanes of at least 4 members (excludes halogenated alkanes) is 3. The number of carbonyl (C=O) groups is 1. The molecule has 0 fully saturated rings. The van der Waals surface area contributed by atoms with Crippen molar-refractivity contribution in [3.8, 4) is 0 Å². The molecule has 2 atom stereocenters. The normalized spacial score (nSPS) is 19.6. The van der Waals surface area contributed by atoms with Gasteiger partial charge in [0, 0.05) is 13.1 Å². The van der Waals surface area contributed by atoms with Crippen LogP contribution >= 0.6 is 0 Å². The van der Waals surface area contributed by atoms with Gasteiger partial charge < -0.3 is 10.0 Å². The molecule has 2 aliphatic rings. The van der Waals surface area contributed by atoms with Gasteiger partial charge in [-0.25, -0.2) is 24.4 Å². The van der Waals surface area contributed by atoms with Crippen LogP contribution in [0.15, 0.2) is 34.3 Å². The zero-order valence-electron chi connectivity index (χ0n) is 17.9. The lowest BCUT2D eigenvalue weighted by Gasteiger charge is -2.29. The highest BCUT2D eigenvalue weighted by molar-refractivity contribution is 5.65. The van der Waals surface area contributed by atoms with E-state index in [-0.39, 0.29) is 0 Å². The Kier molecular flexibility index (Phi) is 14.8. The van der Waals surface area contributed by atoms with Gasteiger partial charge in [0.2, 0.25) is 12.2 Å². The van der Waals surface area contributed by atoms with E-state index >= 15 is 0 Å². The number of aliphatic imine (C=N–C) groups is 2. The predicted octanol–water partition coefficient (Wildman–Crippen LogP) is 4.90. The van der Waals surface area contributed by atoms with Gasteiger partial charge in [0.25, 0.3) is 0 Å². The molecule has 166 valence electrons. The van der Waals surface area contributed by atoms with Crippen molar-refractivity contribution >= 4 is 18.3 Å². The second-order valence-electron chi connectivity index (χ2n) is 7.85. The monoisotopic (exact) mass is 417 g/mol. The minimum atomic E-state index is -0.751. The van der Waals surface area contributed by atoms with Crippen LogP contribution < -0.4 is 0 Å². The Morgan fingerprint density at radius 1 is 0.833 bits per heavy atom. The van der Waals surface area contributed by atoms with Gasteiger partial charge >= 0.3 is 6.09 Å². The van der Waals surface area contributed by atoms with Crippen molar-refractivity contribution in [3.63, 3.8) is 0 Å². The molecule has 0 aliphatic heterocycles. The molecule has 0 spiro atoms. The fraction of sp³-hybridized carbons (Fsp3) is 0.696. The first kappa shape index (κ1) is 25.5. The third kappa shape index (κ3) is 12.9. The number of hydrogen-bond donors (Lipinski definition) is 1. The molecule has 0 heterocycles. The van der Waals surface area contributed by atoms with Crippen LogP contribution in [0.2, 0.25) is 0 Å². The first-order valence-electron chi connectivity index (χ1n) is 11.0. The number of allylic oxidation sites excluding steroid dienone is 4. The second-order valence-corrected chi connectivity index (χ2v) is 7.85. The quantitative estimate of drug-likeness (QED) is 0.224. The van der Waals surface area contributed by atoms with E-state index < -0.39 is 6.09 Å². The Hall–Kier alpha value is -2.49. The summed E-state index contributed by atoms with van der Waals surface area (Å²) in [4.78, 5) is 39.1. The lowest BCUT2D eigenvalue weighted by atomic mass is 9.91. The molecule has 7 nitrogen and oxygen atoms in total. The lowest BCUT2D eigenvalue weighted by Crippen LogP contribution is -2.38. The van der Waals surface area contributed by atoms with E-state index in [1.54, 1.807) is 4.90 Å². The number of amides is 1. The molecule has 1 amide bonds. The Labute approximate surface area is 179 Å². The molecular weight excluding hydrogens is 382 g/mol. The number of isocyanates is 2. The van der Waals surface area contributed by atoms with Crippen LogP contribution in [0.3, 0.4) is 0 Å². The summed E-state index contributed by atoms with van der Waals surface area (Å²) in [7, 11) is 0. The van der Waals surface area contributed by atoms with Gasteiger partial charge in [-0.15, -0.1) is 0 Å². The van der Waals surface area contributed by atoms with Crippen molar-refractivity contribution in [2.45, 2.75) is 64.2 Å². The van der Waals surface area contributed by atoms with Gasteiger partial charge in [-0.3, -0.25) is 0 Å². The van der Waals surface area contributed by atoms with Crippen molar-refractivity contribution in [3.05, 3.63) is 24.3 Å². The number of rotatable bonds is 11. The van der Waals surface area contributed by atoms with Gasteiger partial charge in [0.05, 0.1) is 13.1 Å². The third-order valence-corrected chi connectivity index (χ3v) is 5.40. The van der Waals surface area contributed by atoms with Gasteiger partial charge in [0.1, 0.15) is 0 Å². The molecule has 0 aromatic rings. The standard InChI is InChI=1S/C15H23NO2.C8H12N2O2/c17-15(18)16(11-13-7-3-1-4-8-13)12-14-9-5-2-6-10-14;11-7-9-5-3-1-2-4-6-10-8-12/h1-3,5,13-14H,4,6-12H2,(H,17,18);1-6H2. The van der Waals surface area contributed by atoms with E-state index in [4.69, 9.17) is 0 Å². The van der Waals surface area contributed by atoms with Crippen LogP contribution in [0.25, 0.3) is 0 Å². The van der Waals surface area contributed by atoms with E-state index in [1.165, 1.54) is 12.2 Å². The van der Waals surface area contributed by atoms with Crippen LogP contribution in [0, 0.1) is 11.8 Å². The van der Waals surface area contributed by atoms with E-state index in [2.05, 4.69) is 34.3 Å². The SMILES string of the molecule is O=C(O)N(CC1CC=CCC1)CC1CC=CCC1.O=C=NCCCCCCN=C=O. The summed E-state index contributed by atoms with van der Waals surface area (Å²) in [6, 6.07) is 0. The lowest BCUT2D eigenvalue weighted by molar-refractivity contribution is 0.124. The average Bonchev–Trinajstić information content (AvgIpc) is 2.77. The maximum Gasteiger partial charge on any atom is 0.407 e. The van der Waals surface area contributed by atoms with Crippen LogP contribution in [-0.2, 0) is 9.59 Å². The molecule has 2 unspecified atom stereocenters. The average molecular weight is 418 g/mol. The molecule has 0 bridgehead atoms. The molecule has 1 N–H and O–H groups in total. The van der Waals surface area contributed by atoms with E-state index in [1.807, 2.05) is 0 Å². The number of carboxylic acid groups (broad SMARTS) is 1. The molecule has 30 heavy (non-hydrogen) atoms. The molecule has 0 radical (unpaired) electrons. The molecule has 2 rings (SSSR count). The Bertz CT molecular complexity index is 586. The van der Waals surface area contributed by atoms with Gasteiger partial charge in [-0.2, -0.15) is 0 Å². The van der Waals surface area contributed by atoms with Crippen LogP contribution in [0.1, 0.15) is 64.2 Å². The third-order valence-electron chi connectivity index (χ3n) is 5.40. The zero-order valence-corrected chi connectivity index (χ0v) is 17.9. The minimum absolute atomic E-state index is 0.519. The fourth-order valence-corrected chi connectivity index (χ4v) is 3.72. The van der Waals surface area contributed by atoms with Gasteiger partial charge in [0.15, 0.2) is 0 Å². The molecular formula is C23H35N3O4. The highest BCUT2D eigenvalue weighted by Crippen LogP contribution is 2.23. The summed E-state index contributed by atoms with van der Waals surface area (Å²) in [5.74, 6) is 1.04. The number of hydrogen-bond acceptors (Lipinski definition) is 5. The summed E-state index contributed by atoms with van der Waals surface area (Å²) in [5.41, 5.74) is 0. The van der Waals surface area contributed by atoms with Crippen molar-refractivity contribution in [1.82, 2.24) is 4.90 Å². The molecule has 7 heteroatoms. The Morgan fingerprint density at radius 3 is 1.63 bits per heavy atom. The van der Waals surface area contributed by atoms with Crippen molar-refractivity contribution in [1.29, 1.82) is 0 Å². The Balaban J connectivity index is 0.000000329. The first-order chi connectivity index (χ1) is 14.7. The fourth-order valence-electron chi connectivity index (χ4n) is 3.72.